The molecule has 0 fully saturated rings. The van der Waals surface area contributed by atoms with Gasteiger partial charge in [0.25, 0.3) is 0 Å². The molecule has 23 heavy (non-hydrogen) atoms. The molecule has 0 aliphatic carbocycles. The van der Waals surface area contributed by atoms with Gasteiger partial charge in [0.15, 0.2) is 0 Å². The number of rotatable bonds is 4. The highest BCUT2D eigenvalue weighted by Gasteiger charge is 2.35. The van der Waals surface area contributed by atoms with Gasteiger partial charge in [-0.2, -0.15) is 30.2 Å². The van der Waals surface area contributed by atoms with Crippen molar-refractivity contribution in [3.8, 4) is 6.07 Å². The van der Waals surface area contributed by atoms with E-state index < -0.39 is 22.9 Å². The number of thioether (sulfide) groups is 1. The first-order chi connectivity index (χ1) is 10.6. The van der Waals surface area contributed by atoms with E-state index in [9.17, 15) is 18.3 Å². The zero-order valence-electron chi connectivity index (χ0n) is 13.0. The topological polar surface area (TPSA) is 59.8 Å². The van der Waals surface area contributed by atoms with Gasteiger partial charge >= 0.3 is 6.18 Å². The van der Waals surface area contributed by atoms with Crippen LogP contribution in [0.5, 0.6) is 0 Å². The highest BCUT2D eigenvalue weighted by Crippen LogP contribution is 2.37. The monoisotopic (exact) mass is 342 g/mol. The molecule has 124 valence electrons. The number of nitrogens with zero attached hydrogens (tertiary/aromatic N) is 1. The average Bonchev–Trinajstić information content (AvgIpc) is 2.80. The SMILES string of the molecule is CCSC[C@@](C)(O)c1[nH]c2cc(C(F)(F)F)c(C#N)cc2c1C. The number of nitrogens with one attached hydrogen (secondary N) is 1. The maximum atomic E-state index is 13.1. The number of benzene rings is 1. The predicted octanol–water partition coefficient (Wildman–Crippen LogP) is 4.33. The number of aliphatic hydroxyl groups is 1. The molecule has 0 bridgehead atoms. The highest BCUT2D eigenvalue weighted by atomic mass is 32.2. The average molecular weight is 342 g/mol. The Hall–Kier alpha value is -1.65. The summed E-state index contributed by atoms with van der Waals surface area (Å²) in [6.45, 7) is 5.32. The maximum Gasteiger partial charge on any atom is 0.417 e. The molecule has 0 aliphatic rings. The number of aryl methyl sites for hydroxylation is 1. The van der Waals surface area contributed by atoms with Crippen LogP contribution in [-0.4, -0.2) is 21.6 Å². The number of nitriles is 1. The normalized spacial score (nSPS) is 14.7. The van der Waals surface area contributed by atoms with E-state index in [4.69, 9.17) is 5.26 Å². The zero-order chi connectivity index (χ0) is 17.4. The van der Waals surface area contributed by atoms with Gasteiger partial charge in [-0.25, -0.2) is 0 Å². The highest BCUT2D eigenvalue weighted by molar-refractivity contribution is 7.99. The fourth-order valence-electron chi connectivity index (χ4n) is 2.62. The Kier molecular flexibility index (Phi) is 4.69. The summed E-state index contributed by atoms with van der Waals surface area (Å²) in [6.07, 6.45) is -4.60. The molecule has 7 heteroatoms. The van der Waals surface area contributed by atoms with Crippen LogP contribution >= 0.6 is 11.8 Å². The lowest BCUT2D eigenvalue weighted by Gasteiger charge is -2.22. The summed E-state index contributed by atoms with van der Waals surface area (Å²) in [5, 5.41) is 20.1. The number of H-pyrrole nitrogens is 1. The van der Waals surface area contributed by atoms with Gasteiger partial charge in [-0.1, -0.05) is 6.92 Å². The van der Waals surface area contributed by atoms with Crippen molar-refractivity contribution in [2.45, 2.75) is 32.5 Å². The lowest BCUT2D eigenvalue weighted by atomic mass is 9.98. The van der Waals surface area contributed by atoms with E-state index in [2.05, 4.69) is 4.98 Å². The Morgan fingerprint density at radius 3 is 2.52 bits per heavy atom. The number of alkyl halides is 3. The summed E-state index contributed by atoms with van der Waals surface area (Å²) in [6, 6.07) is 3.77. The second kappa shape index (κ2) is 6.10. The molecule has 0 spiro atoms. The van der Waals surface area contributed by atoms with E-state index >= 15 is 0 Å². The third-order valence-corrected chi connectivity index (χ3v) is 4.92. The van der Waals surface area contributed by atoms with Crippen LogP contribution in [0.2, 0.25) is 0 Å². The molecule has 1 heterocycles. The number of fused-ring (bicyclic) bond motifs is 1. The molecule has 2 N–H and O–H groups in total. The molecule has 0 amide bonds. The Balaban J connectivity index is 2.65. The third kappa shape index (κ3) is 3.33. The van der Waals surface area contributed by atoms with E-state index in [1.165, 1.54) is 6.07 Å². The Labute approximate surface area is 136 Å². The smallest absolute Gasteiger partial charge is 0.383 e. The largest absolute Gasteiger partial charge is 0.417 e. The number of hydrogen-bond acceptors (Lipinski definition) is 3. The minimum absolute atomic E-state index is 0.269. The molecule has 1 atom stereocenters. The van der Waals surface area contributed by atoms with Crippen LogP contribution < -0.4 is 0 Å². The quantitative estimate of drug-likeness (QED) is 0.869. The summed E-state index contributed by atoms with van der Waals surface area (Å²) < 4.78 is 39.2. The van der Waals surface area contributed by atoms with Crippen LogP contribution in [0.25, 0.3) is 10.9 Å². The van der Waals surface area contributed by atoms with Crippen LogP contribution in [-0.2, 0) is 11.8 Å². The first-order valence-corrected chi connectivity index (χ1v) is 8.21. The van der Waals surface area contributed by atoms with Crippen LogP contribution in [0.3, 0.4) is 0 Å². The fourth-order valence-corrected chi connectivity index (χ4v) is 3.36. The number of aromatic amines is 1. The van der Waals surface area contributed by atoms with Crippen molar-refractivity contribution in [2.75, 3.05) is 11.5 Å². The third-order valence-electron chi connectivity index (χ3n) is 3.75. The van der Waals surface area contributed by atoms with E-state index in [1.54, 1.807) is 31.7 Å². The first kappa shape index (κ1) is 17.7. The zero-order valence-corrected chi connectivity index (χ0v) is 13.8. The molecular formula is C16H17F3N2OS. The van der Waals surface area contributed by atoms with Gasteiger partial charge in [0.05, 0.1) is 22.9 Å². The Bertz CT molecular complexity index is 772. The van der Waals surface area contributed by atoms with E-state index in [0.717, 1.165) is 11.8 Å². The van der Waals surface area contributed by atoms with Crippen molar-refractivity contribution >= 4 is 22.7 Å². The molecule has 1 aromatic carbocycles. The summed E-state index contributed by atoms with van der Waals surface area (Å²) >= 11 is 1.54. The van der Waals surface area contributed by atoms with Crippen LogP contribution in [0.4, 0.5) is 13.2 Å². The van der Waals surface area contributed by atoms with Gasteiger partial charge in [0, 0.05) is 16.7 Å². The van der Waals surface area contributed by atoms with Crippen molar-refractivity contribution in [2.24, 2.45) is 0 Å². The number of aromatic nitrogens is 1. The second-order valence-electron chi connectivity index (χ2n) is 5.59. The molecule has 0 unspecified atom stereocenters. The van der Waals surface area contributed by atoms with Gasteiger partial charge < -0.3 is 10.1 Å². The van der Waals surface area contributed by atoms with Crippen molar-refractivity contribution in [3.63, 3.8) is 0 Å². The van der Waals surface area contributed by atoms with Gasteiger partial charge in [-0.05, 0) is 37.3 Å². The summed E-state index contributed by atoms with van der Waals surface area (Å²) in [4.78, 5) is 2.90. The van der Waals surface area contributed by atoms with Crippen LogP contribution in [0, 0.1) is 18.3 Å². The molecular weight excluding hydrogens is 325 g/mol. The molecule has 2 aromatic rings. The van der Waals surface area contributed by atoms with Crippen LogP contribution in [0.15, 0.2) is 12.1 Å². The Morgan fingerprint density at radius 2 is 2.00 bits per heavy atom. The van der Waals surface area contributed by atoms with Crippen molar-refractivity contribution in [1.82, 2.24) is 4.98 Å². The standard InChI is InChI=1S/C16H17F3N2OS/c1-4-23-8-15(3,22)14-9(2)11-5-10(7-20)12(16(17,18)19)6-13(11)21-14/h5-6,21-22H,4,8H2,1-3H3/t15-/m1/s1. The summed E-state index contributed by atoms with van der Waals surface area (Å²) in [5.74, 6) is 1.25. The van der Waals surface area contributed by atoms with Crippen molar-refractivity contribution in [3.05, 3.63) is 34.5 Å². The second-order valence-corrected chi connectivity index (χ2v) is 6.86. The first-order valence-electron chi connectivity index (χ1n) is 7.06. The molecule has 3 nitrogen and oxygen atoms in total. The lowest BCUT2D eigenvalue weighted by Crippen LogP contribution is -2.26. The fraction of sp³-hybridized carbons (Fsp3) is 0.438. The number of hydrogen-bond donors (Lipinski definition) is 2. The molecule has 0 saturated carbocycles. The van der Waals surface area contributed by atoms with Crippen molar-refractivity contribution in [1.29, 1.82) is 5.26 Å². The summed E-state index contributed by atoms with van der Waals surface area (Å²) in [7, 11) is 0. The maximum absolute atomic E-state index is 13.1. The minimum atomic E-state index is -4.60. The molecule has 0 aliphatic heterocycles. The van der Waals surface area contributed by atoms with Gasteiger partial charge in [0.2, 0.25) is 0 Å². The van der Waals surface area contributed by atoms with E-state index in [0.29, 0.717) is 22.4 Å². The van der Waals surface area contributed by atoms with Gasteiger partial charge in [-0.3, -0.25) is 0 Å². The Morgan fingerprint density at radius 1 is 1.35 bits per heavy atom. The molecule has 1 aromatic heterocycles. The van der Waals surface area contributed by atoms with E-state index in [-0.39, 0.29) is 5.52 Å². The minimum Gasteiger partial charge on any atom is -0.383 e. The summed E-state index contributed by atoms with van der Waals surface area (Å²) in [5.41, 5.74) is -1.16. The van der Waals surface area contributed by atoms with Crippen LogP contribution in [0.1, 0.15) is 36.2 Å². The van der Waals surface area contributed by atoms with E-state index in [1.807, 2.05) is 6.92 Å². The van der Waals surface area contributed by atoms with Crippen molar-refractivity contribution < 1.29 is 18.3 Å². The molecule has 0 radical (unpaired) electrons. The lowest BCUT2D eigenvalue weighted by molar-refractivity contribution is -0.137. The van der Waals surface area contributed by atoms with Gasteiger partial charge in [0.1, 0.15) is 5.60 Å². The number of halogens is 3. The predicted molar refractivity (Wildman–Crippen MR) is 85.3 cm³/mol. The molecule has 0 saturated heterocycles. The molecule has 2 rings (SSSR count). The van der Waals surface area contributed by atoms with Gasteiger partial charge in [-0.15, -0.1) is 0 Å².